The molecule has 0 radical (unpaired) electrons. The van der Waals surface area contributed by atoms with Crippen LogP contribution < -0.4 is 10.6 Å². The number of guanidine groups is 1. The van der Waals surface area contributed by atoms with Crippen molar-refractivity contribution < 1.29 is 9.26 Å². The van der Waals surface area contributed by atoms with Crippen molar-refractivity contribution in [3.05, 3.63) is 28.7 Å². The van der Waals surface area contributed by atoms with Gasteiger partial charge in [0.05, 0.1) is 18.8 Å². The van der Waals surface area contributed by atoms with Crippen LogP contribution in [0.4, 0.5) is 0 Å². The first-order valence-corrected chi connectivity index (χ1v) is 9.42. The number of halogens is 1. The SMILES string of the molecule is CCc1noc(CC)c1CN=C(NCCCOC)NCc1nnc(C)n1C.I. The predicted octanol–water partition coefficient (Wildman–Crippen LogP) is 2.13. The van der Waals surface area contributed by atoms with E-state index in [-0.39, 0.29) is 24.0 Å². The monoisotopic (exact) mass is 505 g/mol. The van der Waals surface area contributed by atoms with Crippen molar-refractivity contribution in [2.45, 2.75) is 53.1 Å². The molecule has 0 aliphatic rings. The summed E-state index contributed by atoms with van der Waals surface area (Å²) < 4.78 is 12.5. The molecule has 0 spiro atoms. The van der Waals surface area contributed by atoms with Crippen molar-refractivity contribution in [1.82, 2.24) is 30.6 Å². The number of nitrogens with zero attached hydrogens (tertiary/aromatic N) is 5. The van der Waals surface area contributed by atoms with Crippen LogP contribution in [-0.4, -0.2) is 46.1 Å². The van der Waals surface area contributed by atoms with Crippen molar-refractivity contribution in [1.29, 1.82) is 0 Å². The molecule has 158 valence electrons. The maximum absolute atomic E-state index is 5.43. The Morgan fingerprint density at radius 2 is 2.00 bits per heavy atom. The average Bonchev–Trinajstić information content (AvgIpc) is 3.23. The highest BCUT2D eigenvalue weighted by atomic mass is 127. The van der Waals surface area contributed by atoms with Crippen molar-refractivity contribution >= 4 is 29.9 Å². The second-order valence-corrected chi connectivity index (χ2v) is 6.25. The smallest absolute Gasteiger partial charge is 0.191 e. The van der Waals surface area contributed by atoms with Crippen molar-refractivity contribution in [2.24, 2.45) is 12.0 Å². The normalized spacial score (nSPS) is 11.4. The average molecular weight is 505 g/mol. The molecule has 0 aliphatic carbocycles. The lowest BCUT2D eigenvalue weighted by atomic mass is 10.1. The molecule has 2 heterocycles. The number of ether oxygens (including phenoxy) is 1. The van der Waals surface area contributed by atoms with Gasteiger partial charge >= 0.3 is 0 Å². The van der Waals surface area contributed by atoms with E-state index in [2.05, 4.69) is 39.8 Å². The van der Waals surface area contributed by atoms with Gasteiger partial charge in [0.1, 0.15) is 11.6 Å². The summed E-state index contributed by atoms with van der Waals surface area (Å²) in [7, 11) is 3.65. The summed E-state index contributed by atoms with van der Waals surface area (Å²) in [5, 5.41) is 19.1. The second kappa shape index (κ2) is 12.7. The van der Waals surface area contributed by atoms with Crippen LogP contribution in [0.5, 0.6) is 0 Å². The van der Waals surface area contributed by atoms with Gasteiger partial charge in [-0.25, -0.2) is 4.99 Å². The number of aromatic nitrogens is 4. The van der Waals surface area contributed by atoms with Crippen molar-refractivity contribution in [2.75, 3.05) is 20.3 Å². The molecule has 0 saturated carbocycles. The van der Waals surface area contributed by atoms with Crippen LogP contribution in [0.15, 0.2) is 9.52 Å². The summed E-state index contributed by atoms with van der Waals surface area (Å²) in [4.78, 5) is 4.73. The highest BCUT2D eigenvalue weighted by molar-refractivity contribution is 14.0. The summed E-state index contributed by atoms with van der Waals surface area (Å²) in [6.07, 6.45) is 2.53. The van der Waals surface area contributed by atoms with Gasteiger partial charge in [-0.15, -0.1) is 34.2 Å². The summed E-state index contributed by atoms with van der Waals surface area (Å²) in [6.45, 7) is 8.59. The maximum Gasteiger partial charge on any atom is 0.191 e. The molecule has 0 fully saturated rings. The molecule has 2 N–H and O–H groups in total. The van der Waals surface area contributed by atoms with Gasteiger partial charge in [-0.3, -0.25) is 0 Å². The zero-order valence-corrected chi connectivity index (χ0v) is 19.7. The number of hydrogen-bond donors (Lipinski definition) is 2. The Bertz CT molecular complexity index is 721. The number of aliphatic imine (C=N–C) groups is 1. The number of aryl methyl sites for hydroxylation is 3. The van der Waals surface area contributed by atoms with Gasteiger partial charge in [-0.05, 0) is 19.8 Å². The summed E-state index contributed by atoms with van der Waals surface area (Å²) in [5.74, 6) is 3.35. The van der Waals surface area contributed by atoms with E-state index < -0.39 is 0 Å². The van der Waals surface area contributed by atoms with Gasteiger partial charge in [0, 0.05) is 39.3 Å². The standard InChI is InChI=1S/C18H31N7O2.HI/c1-6-15-14(16(7-2)27-24-15)11-20-18(19-9-8-10-26-5)21-12-17-23-22-13(3)25(17)4;/h6-12H2,1-5H3,(H2,19,20,21);1H. The summed E-state index contributed by atoms with van der Waals surface area (Å²) >= 11 is 0. The summed E-state index contributed by atoms with van der Waals surface area (Å²) in [5.41, 5.74) is 2.05. The van der Waals surface area contributed by atoms with E-state index in [1.54, 1.807) is 7.11 Å². The van der Waals surface area contributed by atoms with E-state index in [4.69, 9.17) is 14.3 Å². The maximum atomic E-state index is 5.43. The fourth-order valence-corrected chi connectivity index (χ4v) is 2.64. The van der Waals surface area contributed by atoms with Crippen LogP contribution in [0, 0.1) is 6.92 Å². The molecule has 0 atom stereocenters. The van der Waals surface area contributed by atoms with Crippen LogP contribution in [0.1, 0.15) is 48.9 Å². The lowest BCUT2D eigenvalue weighted by molar-refractivity contribution is 0.195. The first kappa shape index (κ1) is 24.3. The topological polar surface area (TPSA) is 102 Å². The molecule has 2 aromatic rings. The number of rotatable bonds is 10. The third kappa shape index (κ3) is 6.73. The van der Waals surface area contributed by atoms with Gasteiger partial charge in [-0.1, -0.05) is 19.0 Å². The minimum atomic E-state index is 0. The third-order valence-electron chi connectivity index (χ3n) is 4.42. The van der Waals surface area contributed by atoms with E-state index in [9.17, 15) is 0 Å². The van der Waals surface area contributed by atoms with E-state index in [0.29, 0.717) is 19.7 Å². The number of hydrogen-bond acceptors (Lipinski definition) is 6. The molecule has 10 heteroatoms. The first-order chi connectivity index (χ1) is 13.1. The molecule has 0 unspecified atom stereocenters. The highest BCUT2D eigenvalue weighted by Crippen LogP contribution is 2.16. The predicted molar refractivity (Wildman–Crippen MR) is 119 cm³/mol. The zero-order valence-electron chi connectivity index (χ0n) is 17.4. The number of nitrogens with one attached hydrogen (secondary N) is 2. The quantitative estimate of drug-likeness (QED) is 0.221. The lowest BCUT2D eigenvalue weighted by Crippen LogP contribution is -2.38. The molecule has 0 bridgehead atoms. The van der Waals surface area contributed by atoms with Crippen LogP contribution in [0.3, 0.4) is 0 Å². The van der Waals surface area contributed by atoms with Crippen LogP contribution in [-0.2, 0) is 37.7 Å². The molecule has 0 amide bonds. The molecular formula is C18H32IN7O2. The van der Waals surface area contributed by atoms with E-state index in [1.807, 2.05) is 18.5 Å². The molecule has 0 aliphatic heterocycles. The second-order valence-electron chi connectivity index (χ2n) is 6.25. The molecule has 28 heavy (non-hydrogen) atoms. The Labute approximate surface area is 183 Å². The largest absolute Gasteiger partial charge is 0.385 e. The fraction of sp³-hybridized carbons (Fsp3) is 0.667. The van der Waals surface area contributed by atoms with Crippen LogP contribution in [0.25, 0.3) is 0 Å². The van der Waals surface area contributed by atoms with Gasteiger partial charge in [0.25, 0.3) is 0 Å². The Morgan fingerprint density at radius 1 is 1.21 bits per heavy atom. The first-order valence-electron chi connectivity index (χ1n) is 9.42. The van der Waals surface area contributed by atoms with Gasteiger partial charge < -0.3 is 24.5 Å². The zero-order chi connectivity index (χ0) is 19.6. The molecule has 9 nitrogen and oxygen atoms in total. The van der Waals surface area contributed by atoms with E-state index >= 15 is 0 Å². The Kier molecular flexibility index (Phi) is 11.0. The van der Waals surface area contributed by atoms with Gasteiger partial charge in [0.15, 0.2) is 11.8 Å². The van der Waals surface area contributed by atoms with Gasteiger partial charge in [-0.2, -0.15) is 0 Å². The molecule has 0 aromatic carbocycles. The minimum Gasteiger partial charge on any atom is -0.385 e. The van der Waals surface area contributed by atoms with E-state index in [1.165, 1.54) is 0 Å². The molecule has 0 saturated heterocycles. The molecular weight excluding hydrogens is 473 g/mol. The summed E-state index contributed by atoms with van der Waals surface area (Å²) in [6, 6.07) is 0. The minimum absolute atomic E-state index is 0. The van der Waals surface area contributed by atoms with Crippen LogP contribution in [0.2, 0.25) is 0 Å². The molecule has 2 rings (SSSR count). The third-order valence-corrected chi connectivity index (χ3v) is 4.42. The molecule has 2 aromatic heterocycles. The Balaban J connectivity index is 0.00000392. The van der Waals surface area contributed by atoms with Crippen LogP contribution >= 0.6 is 24.0 Å². The van der Waals surface area contributed by atoms with Crippen molar-refractivity contribution in [3.63, 3.8) is 0 Å². The number of methoxy groups -OCH3 is 1. The Morgan fingerprint density at radius 3 is 2.61 bits per heavy atom. The fourth-order valence-electron chi connectivity index (χ4n) is 2.64. The Hall–Kier alpha value is -1.69. The van der Waals surface area contributed by atoms with Gasteiger partial charge in [0.2, 0.25) is 0 Å². The van der Waals surface area contributed by atoms with E-state index in [0.717, 1.165) is 60.4 Å². The van der Waals surface area contributed by atoms with Crippen molar-refractivity contribution in [3.8, 4) is 0 Å². The highest BCUT2D eigenvalue weighted by Gasteiger charge is 2.13. The lowest BCUT2D eigenvalue weighted by Gasteiger charge is -2.12.